The fourth-order valence-electron chi connectivity index (χ4n) is 3.27. The Bertz CT molecular complexity index is 1400. The number of H-pyrrole nitrogens is 1. The normalized spacial score (nSPS) is 10.4. The number of carbonyl (C=O) groups is 1. The Kier molecular flexibility index (Phi) is 7.05. The van der Waals surface area contributed by atoms with Crippen LogP contribution in [0.15, 0.2) is 73.4 Å². The lowest BCUT2D eigenvalue weighted by atomic mass is 10.1. The van der Waals surface area contributed by atoms with E-state index in [1.807, 2.05) is 22.7 Å². The third-order valence-electron chi connectivity index (χ3n) is 4.82. The van der Waals surface area contributed by atoms with Crippen molar-refractivity contribution in [2.75, 3.05) is 5.32 Å². The molecule has 0 aliphatic rings. The van der Waals surface area contributed by atoms with Crippen molar-refractivity contribution in [3.8, 4) is 22.4 Å². The second-order valence-corrected chi connectivity index (χ2v) is 6.79. The number of hydrogen-bond acceptors (Lipinski definition) is 4. The van der Waals surface area contributed by atoms with Crippen LogP contribution in [0.3, 0.4) is 0 Å². The van der Waals surface area contributed by atoms with Crippen LogP contribution in [0.5, 0.6) is 0 Å². The second-order valence-electron chi connectivity index (χ2n) is 6.79. The van der Waals surface area contributed by atoms with Crippen molar-refractivity contribution < 1.29 is 13.6 Å². The van der Waals surface area contributed by atoms with Crippen LogP contribution in [0.1, 0.15) is 10.4 Å². The molecule has 0 fully saturated rings. The molecule has 4 heterocycles. The van der Waals surface area contributed by atoms with Gasteiger partial charge in [0.05, 0.1) is 29.8 Å². The number of aromatic amines is 1. The van der Waals surface area contributed by atoms with Gasteiger partial charge in [-0.1, -0.05) is 6.07 Å². The number of nitrogens with zero attached hydrogens (tertiary/aromatic N) is 4. The number of nitrogens with one attached hydrogen (secondary N) is 2. The Labute approximate surface area is 198 Å². The minimum atomic E-state index is -0.696. The van der Waals surface area contributed by atoms with Gasteiger partial charge in [0.25, 0.3) is 5.91 Å². The van der Waals surface area contributed by atoms with E-state index in [0.29, 0.717) is 16.9 Å². The molecule has 0 aliphatic heterocycles. The molecule has 7 nitrogen and oxygen atoms in total. The zero-order valence-electron chi connectivity index (χ0n) is 16.7. The number of imidazole rings is 1. The van der Waals surface area contributed by atoms with E-state index in [1.165, 1.54) is 18.2 Å². The Morgan fingerprint density at radius 3 is 2.42 bits per heavy atom. The van der Waals surface area contributed by atoms with Gasteiger partial charge >= 0.3 is 0 Å². The number of halogens is 4. The molecule has 1 amide bonds. The molecule has 0 bridgehead atoms. The number of pyridine rings is 2. The molecule has 5 rings (SSSR count). The van der Waals surface area contributed by atoms with E-state index in [9.17, 15) is 13.6 Å². The number of amides is 1. The molecule has 0 atom stereocenters. The molecule has 0 unspecified atom stereocenters. The first-order chi connectivity index (χ1) is 15.1. The quantitative estimate of drug-likeness (QED) is 0.365. The van der Waals surface area contributed by atoms with E-state index in [0.717, 1.165) is 23.4 Å². The van der Waals surface area contributed by atoms with Gasteiger partial charge in [0.2, 0.25) is 0 Å². The molecule has 0 saturated carbocycles. The summed E-state index contributed by atoms with van der Waals surface area (Å²) in [6.45, 7) is 0. The lowest BCUT2D eigenvalue weighted by Crippen LogP contribution is -2.14. The highest BCUT2D eigenvalue weighted by Gasteiger charge is 2.15. The predicted molar refractivity (Wildman–Crippen MR) is 125 cm³/mol. The fourth-order valence-corrected chi connectivity index (χ4v) is 3.27. The van der Waals surface area contributed by atoms with Gasteiger partial charge in [-0.2, -0.15) is 5.10 Å². The van der Waals surface area contributed by atoms with Crippen LogP contribution < -0.4 is 5.32 Å². The molecule has 33 heavy (non-hydrogen) atoms. The molecule has 4 aromatic heterocycles. The van der Waals surface area contributed by atoms with Gasteiger partial charge in [0.15, 0.2) is 0 Å². The number of aromatic nitrogens is 5. The Balaban J connectivity index is 0.00000153. The number of fused-ring (bicyclic) bond motifs is 1. The average Bonchev–Trinajstić information content (AvgIpc) is 3.45. The minimum Gasteiger partial charge on any atom is -0.306 e. The summed E-state index contributed by atoms with van der Waals surface area (Å²) in [5.74, 6) is -1.78. The SMILES string of the molecule is Cl.Cl.O=C(Nc1ccc(F)cn1)c1ccc(-c2cnc3ccc(-c4cn[nH]c4)cn23)cc1F. The highest BCUT2D eigenvalue weighted by atomic mass is 35.5. The van der Waals surface area contributed by atoms with Gasteiger partial charge < -0.3 is 5.32 Å². The number of rotatable bonds is 4. The van der Waals surface area contributed by atoms with Crippen molar-refractivity contribution in [1.29, 1.82) is 0 Å². The molecule has 168 valence electrons. The first kappa shape index (κ1) is 23.8. The lowest BCUT2D eigenvalue weighted by Gasteiger charge is -2.08. The van der Waals surface area contributed by atoms with Crippen LogP contribution in [-0.4, -0.2) is 30.5 Å². The van der Waals surface area contributed by atoms with Crippen molar-refractivity contribution in [1.82, 2.24) is 24.6 Å². The zero-order chi connectivity index (χ0) is 21.4. The summed E-state index contributed by atoms with van der Waals surface area (Å²) in [5, 5.41) is 9.18. The Hall–Kier alpha value is -3.82. The molecule has 0 saturated heterocycles. The number of hydrogen-bond donors (Lipinski definition) is 2. The molecule has 11 heteroatoms. The van der Waals surface area contributed by atoms with Crippen LogP contribution in [0.4, 0.5) is 14.6 Å². The predicted octanol–water partition coefficient (Wildman–Crippen LogP) is 5.16. The Morgan fingerprint density at radius 2 is 1.73 bits per heavy atom. The van der Waals surface area contributed by atoms with Crippen molar-refractivity contribution >= 4 is 42.2 Å². The third-order valence-corrected chi connectivity index (χ3v) is 4.82. The number of benzene rings is 1. The van der Waals surface area contributed by atoms with Gasteiger partial charge in [-0.25, -0.2) is 18.7 Å². The molecule has 0 radical (unpaired) electrons. The van der Waals surface area contributed by atoms with E-state index in [1.54, 1.807) is 24.7 Å². The van der Waals surface area contributed by atoms with Crippen LogP contribution in [0, 0.1) is 11.6 Å². The van der Waals surface area contributed by atoms with Gasteiger partial charge in [-0.05, 0) is 36.4 Å². The fraction of sp³-hybridized carbons (Fsp3) is 0. The van der Waals surface area contributed by atoms with Crippen LogP contribution in [-0.2, 0) is 0 Å². The van der Waals surface area contributed by atoms with E-state index in [4.69, 9.17) is 0 Å². The molecular formula is C22H16Cl2F2N6O. The summed E-state index contributed by atoms with van der Waals surface area (Å²) in [4.78, 5) is 20.5. The van der Waals surface area contributed by atoms with Gasteiger partial charge in [-0.3, -0.25) is 14.3 Å². The summed E-state index contributed by atoms with van der Waals surface area (Å²) in [5.41, 5.74) is 3.62. The van der Waals surface area contributed by atoms with Gasteiger partial charge in [-0.15, -0.1) is 24.8 Å². The molecule has 0 spiro atoms. The maximum absolute atomic E-state index is 14.8. The van der Waals surface area contributed by atoms with Crippen LogP contribution in [0.2, 0.25) is 0 Å². The smallest absolute Gasteiger partial charge is 0.259 e. The number of anilines is 1. The first-order valence-electron chi connectivity index (χ1n) is 9.27. The number of carbonyl (C=O) groups excluding carboxylic acids is 1. The van der Waals surface area contributed by atoms with Crippen molar-refractivity contribution in [2.45, 2.75) is 0 Å². The second kappa shape index (κ2) is 9.76. The lowest BCUT2D eigenvalue weighted by molar-refractivity contribution is 0.102. The van der Waals surface area contributed by atoms with Crippen LogP contribution in [0.25, 0.3) is 28.0 Å². The van der Waals surface area contributed by atoms with E-state index >= 15 is 0 Å². The van der Waals surface area contributed by atoms with Gasteiger partial charge in [0.1, 0.15) is 23.1 Å². The highest BCUT2D eigenvalue weighted by Crippen LogP contribution is 2.26. The highest BCUT2D eigenvalue weighted by molar-refractivity contribution is 6.04. The molecule has 1 aromatic carbocycles. The molecule has 5 aromatic rings. The summed E-state index contributed by atoms with van der Waals surface area (Å²) in [6.07, 6.45) is 7.99. The first-order valence-corrected chi connectivity index (χ1v) is 9.27. The topological polar surface area (TPSA) is 88.0 Å². The van der Waals surface area contributed by atoms with Crippen LogP contribution >= 0.6 is 24.8 Å². The zero-order valence-corrected chi connectivity index (χ0v) is 18.3. The average molecular weight is 489 g/mol. The standard InChI is InChI=1S/C22H14F2N6O.2ClH/c23-16-3-5-20(25-10-16)29-22(31)17-4-1-13(7-18(17)24)19-11-26-21-6-2-14(12-30(19)21)15-8-27-28-9-15;;/h1-12H,(H,27,28)(H,25,29,31);2*1H. The molecule has 2 N–H and O–H groups in total. The summed E-state index contributed by atoms with van der Waals surface area (Å²) >= 11 is 0. The third kappa shape index (κ3) is 4.69. The van der Waals surface area contributed by atoms with Crippen molar-refractivity contribution in [3.05, 3.63) is 90.6 Å². The van der Waals surface area contributed by atoms with E-state index in [-0.39, 0.29) is 36.2 Å². The summed E-state index contributed by atoms with van der Waals surface area (Å²) in [7, 11) is 0. The van der Waals surface area contributed by atoms with Gasteiger partial charge in [0, 0.05) is 29.1 Å². The maximum Gasteiger partial charge on any atom is 0.259 e. The van der Waals surface area contributed by atoms with E-state index in [2.05, 4.69) is 25.5 Å². The molecular weight excluding hydrogens is 473 g/mol. The van der Waals surface area contributed by atoms with Crippen molar-refractivity contribution in [3.63, 3.8) is 0 Å². The van der Waals surface area contributed by atoms with Crippen molar-refractivity contribution in [2.24, 2.45) is 0 Å². The summed E-state index contributed by atoms with van der Waals surface area (Å²) in [6, 6.07) is 10.6. The van der Waals surface area contributed by atoms with E-state index < -0.39 is 17.5 Å². The minimum absolute atomic E-state index is 0. The Morgan fingerprint density at radius 1 is 0.909 bits per heavy atom. The molecule has 0 aliphatic carbocycles. The monoisotopic (exact) mass is 488 g/mol. The largest absolute Gasteiger partial charge is 0.306 e. The maximum atomic E-state index is 14.8. The summed E-state index contributed by atoms with van der Waals surface area (Å²) < 4.78 is 29.6.